The van der Waals surface area contributed by atoms with Crippen molar-refractivity contribution in [3.63, 3.8) is 0 Å². The number of allylic oxidation sites excluding steroid dienone is 3. The molecule has 7 atom stereocenters. The highest BCUT2D eigenvalue weighted by molar-refractivity contribution is 7.90. The number of ether oxygens (including phenoxy) is 2. The maximum atomic E-state index is 14.5. The van der Waals surface area contributed by atoms with Gasteiger partial charge < -0.3 is 29.9 Å². The predicted octanol–water partition coefficient (Wildman–Crippen LogP) is 4.00. The smallest absolute Gasteiger partial charge is 0.410 e. The maximum Gasteiger partial charge on any atom is 0.410 e. The topological polar surface area (TPSA) is 181 Å². The minimum Gasteiger partial charge on any atom is -0.444 e. The molecule has 5 aliphatic rings. The Kier molecular flexibility index (Phi) is 11.4. The number of nitrogens with zero attached hydrogens (tertiary/aromatic N) is 2. The molecule has 3 N–H and O–H groups in total. The molecule has 3 aliphatic heterocycles. The third-order valence-corrected chi connectivity index (χ3v) is 11.9. The zero-order valence-electron chi connectivity index (χ0n) is 31.0. The number of amides is 5. The van der Waals surface area contributed by atoms with E-state index >= 15 is 0 Å². The van der Waals surface area contributed by atoms with Crippen molar-refractivity contribution in [3.8, 4) is 0 Å². The molecule has 5 amide bonds. The van der Waals surface area contributed by atoms with Crippen LogP contribution in [0.1, 0.15) is 65.7 Å². The van der Waals surface area contributed by atoms with E-state index < -0.39 is 91.8 Å². The van der Waals surface area contributed by atoms with Crippen LogP contribution in [0.15, 0.2) is 65.4 Å². The fourth-order valence-corrected chi connectivity index (χ4v) is 8.76. The summed E-state index contributed by atoms with van der Waals surface area (Å²) in [4.78, 5) is 70.6. The second-order valence-electron chi connectivity index (χ2n) is 15.8. The lowest BCUT2D eigenvalue weighted by atomic mass is 9.91. The molecule has 3 fully saturated rings. The molecule has 0 bridgehead atoms. The first-order valence-electron chi connectivity index (χ1n) is 18.6. The van der Waals surface area contributed by atoms with Gasteiger partial charge in [-0.1, -0.05) is 49.3 Å². The highest BCUT2D eigenvalue weighted by Gasteiger charge is 2.62. The Balaban J connectivity index is 1.26. The molecular weight excluding hydrogens is 741 g/mol. The van der Waals surface area contributed by atoms with Crippen LogP contribution in [0.5, 0.6) is 0 Å². The number of carbonyl (C=O) groups excluding carboxylic acids is 5. The Hall–Kier alpha value is -4.80. The van der Waals surface area contributed by atoms with Gasteiger partial charge in [0.25, 0.3) is 15.9 Å². The van der Waals surface area contributed by atoms with E-state index in [-0.39, 0.29) is 50.6 Å². The van der Waals surface area contributed by atoms with E-state index in [1.54, 1.807) is 32.9 Å². The van der Waals surface area contributed by atoms with Crippen molar-refractivity contribution in [1.29, 1.82) is 0 Å². The highest BCUT2D eigenvalue weighted by atomic mass is 32.2. The van der Waals surface area contributed by atoms with Crippen LogP contribution >= 0.6 is 0 Å². The van der Waals surface area contributed by atoms with Gasteiger partial charge >= 0.3 is 12.2 Å². The van der Waals surface area contributed by atoms with Crippen LogP contribution in [0.2, 0.25) is 0 Å². The lowest BCUT2D eigenvalue weighted by molar-refractivity contribution is -0.141. The Bertz CT molecular complexity index is 1910. The first-order chi connectivity index (χ1) is 26.0. The zero-order valence-corrected chi connectivity index (χ0v) is 31.8. The number of nitrogens with one attached hydrogen (secondary N) is 3. The molecule has 0 aromatic heterocycles. The highest BCUT2D eigenvalue weighted by Crippen LogP contribution is 2.46. The zero-order chi connectivity index (χ0) is 39.7. The summed E-state index contributed by atoms with van der Waals surface area (Å²) in [5.74, 6) is -5.32. The molecule has 1 aromatic rings. The molecular formula is C38H47F2N5O9S. The first-order valence-corrected chi connectivity index (χ1v) is 20.1. The first kappa shape index (κ1) is 39.9. The number of benzene rings is 1. The summed E-state index contributed by atoms with van der Waals surface area (Å²) in [7, 11) is -4.69. The van der Waals surface area contributed by atoms with Crippen LogP contribution in [-0.2, 0) is 33.9 Å². The average molecular weight is 788 g/mol. The lowest BCUT2D eigenvalue weighted by Crippen LogP contribution is -2.58. The number of sulfonamides is 1. The molecule has 14 nitrogen and oxygen atoms in total. The van der Waals surface area contributed by atoms with Crippen LogP contribution in [0.4, 0.5) is 18.4 Å². The summed E-state index contributed by atoms with van der Waals surface area (Å²) in [6, 6.07) is 2.11. The van der Waals surface area contributed by atoms with Crippen LogP contribution in [0.25, 0.3) is 0 Å². The molecule has 2 saturated heterocycles. The van der Waals surface area contributed by atoms with E-state index in [1.165, 1.54) is 28.0 Å². The largest absolute Gasteiger partial charge is 0.444 e. The van der Waals surface area contributed by atoms with Crippen molar-refractivity contribution in [1.82, 2.24) is 25.2 Å². The van der Waals surface area contributed by atoms with Gasteiger partial charge in [0.15, 0.2) is 0 Å². The number of hydrogen-bond donors (Lipinski definition) is 3. The van der Waals surface area contributed by atoms with Gasteiger partial charge in [0, 0.05) is 37.3 Å². The molecule has 0 radical (unpaired) electrons. The summed E-state index contributed by atoms with van der Waals surface area (Å²) in [6.07, 6.45) is 8.27. The quantitative estimate of drug-likeness (QED) is 0.372. The predicted molar refractivity (Wildman–Crippen MR) is 193 cm³/mol. The van der Waals surface area contributed by atoms with Gasteiger partial charge in [-0.15, -0.1) is 0 Å². The summed E-state index contributed by atoms with van der Waals surface area (Å²) in [5.41, 5.74) is -2.63. The summed E-state index contributed by atoms with van der Waals surface area (Å²) in [6.45, 7) is 5.08. The molecule has 1 saturated carbocycles. The SMILES string of the molecule is CC(C)(C)OC(=O)N[C@H]1CCCCC/C=C\[C@@H]2C[C@@]2(C(=O)NS(=O)(=O)c2ccccc2F)NC(=O)[C@@H]2C[C@@H](OC(=O)N3CC4C=CC=C(F)C4C3)CN2C1=O. The number of alkyl carbamates (subject to hydrolysis) is 1. The van der Waals surface area contributed by atoms with Gasteiger partial charge in [-0.2, -0.15) is 0 Å². The number of hydrogen-bond acceptors (Lipinski definition) is 9. The second kappa shape index (κ2) is 15.7. The second-order valence-corrected chi connectivity index (χ2v) is 17.4. The molecule has 2 unspecified atom stereocenters. The Morgan fingerprint density at radius 1 is 1.02 bits per heavy atom. The molecule has 3 heterocycles. The minimum absolute atomic E-state index is 0.0204. The normalized spacial score (nSPS) is 30.3. The molecule has 55 heavy (non-hydrogen) atoms. The Morgan fingerprint density at radius 3 is 2.51 bits per heavy atom. The van der Waals surface area contributed by atoms with Gasteiger partial charge in [-0.25, -0.2) is 31.5 Å². The van der Waals surface area contributed by atoms with Crippen LogP contribution < -0.4 is 15.4 Å². The van der Waals surface area contributed by atoms with Crippen molar-refractivity contribution in [2.75, 3.05) is 19.6 Å². The number of carbonyl (C=O) groups is 5. The van der Waals surface area contributed by atoms with E-state index in [2.05, 4.69) is 10.6 Å². The van der Waals surface area contributed by atoms with Gasteiger partial charge in [-0.05, 0) is 64.7 Å². The number of fused-ring (bicyclic) bond motifs is 3. The van der Waals surface area contributed by atoms with Gasteiger partial charge in [0.1, 0.15) is 45.9 Å². The van der Waals surface area contributed by atoms with E-state index in [4.69, 9.17) is 9.47 Å². The fraction of sp³-hybridized carbons (Fsp3) is 0.553. The Morgan fingerprint density at radius 2 is 1.78 bits per heavy atom. The third-order valence-electron chi connectivity index (χ3n) is 10.5. The van der Waals surface area contributed by atoms with Crippen molar-refractivity contribution >= 4 is 39.9 Å². The lowest BCUT2D eigenvalue weighted by Gasteiger charge is -2.30. The molecule has 1 aromatic carbocycles. The van der Waals surface area contributed by atoms with Crippen molar-refractivity contribution < 1.29 is 50.6 Å². The van der Waals surface area contributed by atoms with Crippen LogP contribution in [0, 0.1) is 23.6 Å². The molecule has 2 aliphatic carbocycles. The third kappa shape index (κ3) is 9.03. The van der Waals surface area contributed by atoms with Gasteiger partial charge in [-0.3, -0.25) is 14.4 Å². The number of rotatable bonds is 5. The van der Waals surface area contributed by atoms with Crippen molar-refractivity contribution in [2.45, 2.75) is 99.9 Å². The minimum atomic E-state index is -4.69. The molecule has 0 spiro atoms. The van der Waals surface area contributed by atoms with E-state index in [9.17, 15) is 41.2 Å². The van der Waals surface area contributed by atoms with Crippen LogP contribution in [-0.4, -0.2) is 97.1 Å². The van der Waals surface area contributed by atoms with Gasteiger partial charge in [0.05, 0.1) is 6.54 Å². The van der Waals surface area contributed by atoms with Crippen molar-refractivity contribution in [3.05, 3.63) is 66.3 Å². The number of likely N-dealkylation sites (tertiary alicyclic amines) is 1. The number of halogens is 2. The summed E-state index contributed by atoms with van der Waals surface area (Å²) in [5, 5.41) is 5.34. The van der Waals surface area contributed by atoms with Crippen LogP contribution in [0.3, 0.4) is 0 Å². The summed E-state index contributed by atoms with van der Waals surface area (Å²) >= 11 is 0. The van der Waals surface area contributed by atoms with E-state index in [0.717, 1.165) is 12.1 Å². The Labute approximate surface area is 318 Å². The average Bonchev–Trinajstić information content (AvgIpc) is 3.40. The van der Waals surface area contributed by atoms with E-state index in [0.29, 0.717) is 25.7 Å². The molecule has 17 heteroatoms. The van der Waals surface area contributed by atoms with E-state index in [1.807, 2.05) is 16.9 Å². The van der Waals surface area contributed by atoms with Crippen molar-refractivity contribution in [2.24, 2.45) is 17.8 Å². The maximum absolute atomic E-state index is 14.5. The van der Waals surface area contributed by atoms with Gasteiger partial charge in [0.2, 0.25) is 11.8 Å². The fourth-order valence-electron chi connectivity index (χ4n) is 7.64. The standard InChI is InChI=1S/C38H47F2N5O9S/c1-37(2,3)54-35(49)41-29-16-8-6-4-5-7-13-24-19-38(24,34(48)43-55(51,52)31-17-10-9-14-28(31)40)42-32(46)30-18-25(21-45(30)33(29)47)53-36(50)44-20-23-12-11-15-27(39)26(23)22-44/h7,9-15,17,23-26,29-30H,4-6,8,16,18-22H2,1-3H3,(H,41,49)(H,42,46)(H,43,48)/b13-7-/t23?,24-,25-,26?,29+,30+,38-/m1/s1. The monoisotopic (exact) mass is 787 g/mol. The molecule has 6 rings (SSSR count). The summed E-state index contributed by atoms with van der Waals surface area (Å²) < 4.78 is 68.5. The molecule has 298 valence electrons.